The SMILES string of the molecule is CCCCCCCCCCCCCCCCCC(CC)n1cnnn1. The Morgan fingerprint density at radius 2 is 1.16 bits per heavy atom. The third kappa shape index (κ3) is 12.1. The van der Waals surface area contributed by atoms with Crippen molar-refractivity contribution < 1.29 is 0 Å². The summed E-state index contributed by atoms with van der Waals surface area (Å²) in [5.41, 5.74) is 0. The Morgan fingerprint density at radius 3 is 1.56 bits per heavy atom. The van der Waals surface area contributed by atoms with E-state index in [1.807, 2.05) is 4.68 Å². The van der Waals surface area contributed by atoms with Crippen LogP contribution in [-0.2, 0) is 0 Å². The van der Waals surface area contributed by atoms with Gasteiger partial charge in [-0.3, -0.25) is 0 Å². The molecule has 0 radical (unpaired) electrons. The molecular weight excluding hydrogens is 308 g/mol. The molecular formula is C21H42N4. The molecule has 0 aliphatic carbocycles. The molecule has 25 heavy (non-hydrogen) atoms. The fourth-order valence-electron chi connectivity index (χ4n) is 3.61. The average molecular weight is 351 g/mol. The molecule has 0 saturated carbocycles. The van der Waals surface area contributed by atoms with Gasteiger partial charge in [0.05, 0.1) is 6.04 Å². The van der Waals surface area contributed by atoms with E-state index in [1.54, 1.807) is 6.33 Å². The lowest BCUT2D eigenvalue weighted by atomic mass is 10.0. The Balaban J connectivity index is 1.79. The van der Waals surface area contributed by atoms with Crippen LogP contribution in [0.2, 0.25) is 0 Å². The Kier molecular flexibility index (Phi) is 14.6. The number of aromatic nitrogens is 4. The second kappa shape index (κ2) is 16.5. The van der Waals surface area contributed by atoms with Gasteiger partial charge in [-0.15, -0.1) is 5.10 Å². The minimum Gasteiger partial charge on any atom is -0.229 e. The van der Waals surface area contributed by atoms with Crippen LogP contribution in [-0.4, -0.2) is 20.2 Å². The average Bonchev–Trinajstić information content (AvgIpc) is 3.16. The van der Waals surface area contributed by atoms with Crippen molar-refractivity contribution in [1.29, 1.82) is 0 Å². The summed E-state index contributed by atoms with van der Waals surface area (Å²) in [6, 6.07) is 0.483. The lowest BCUT2D eigenvalue weighted by Crippen LogP contribution is -2.08. The monoisotopic (exact) mass is 350 g/mol. The molecule has 0 aliphatic rings. The molecule has 146 valence electrons. The number of tetrazole rings is 1. The van der Waals surface area contributed by atoms with E-state index < -0.39 is 0 Å². The van der Waals surface area contributed by atoms with E-state index in [9.17, 15) is 0 Å². The van der Waals surface area contributed by atoms with Crippen molar-refractivity contribution in [2.45, 2.75) is 129 Å². The van der Waals surface area contributed by atoms with Crippen molar-refractivity contribution in [2.24, 2.45) is 0 Å². The van der Waals surface area contributed by atoms with E-state index in [-0.39, 0.29) is 0 Å². The van der Waals surface area contributed by atoms with Crippen LogP contribution in [0.4, 0.5) is 0 Å². The molecule has 1 unspecified atom stereocenters. The zero-order valence-corrected chi connectivity index (χ0v) is 17.0. The van der Waals surface area contributed by atoms with Crippen LogP contribution in [0.3, 0.4) is 0 Å². The second-order valence-electron chi connectivity index (χ2n) is 7.59. The number of nitrogens with zero attached hydrogens (tertiary/aromatic N) is 4. The van der Waals surface area contributed by atoms with Gasteiger partial charge in [-0.2, -0.15) is 0 Å². The fraction of sp³-hybridized carbons (Fsp3) is 0.952. The summed E-state index contributed by atoms with van der Waals surface area (Å²) >= 11 is 0. The van der Waals surface area contributed by atoms with Crippen LogP contribution in [0.1, 0.15) is 129 Å². The molecule has 0 aliphatic heterocycles. The van der Waals surface area contributed by atoms with E-state index >= 15 is 0 Å². The van der Waals surface area contributed by atoms with Crippen molar-refractivity contribution in [3.63, 3.8) is 0 Å². The first-order valence-electron chi connectivity index (χ1n) is 11.1. The minimum atomic E-state index is 0.483. The van der Waals surface area contributed by atoms with Crippen LogP contribution in [0, 0.1) is 0 Å². The smallest absolute Gasteiger partial charge is 0.138 e. The Hall–Kier alpha value is -0.930. The summed E-state index contributed by atoms with van der Waals surface area (Å²) in [4.78, 5) is 0. The molecule has 4 nitrogen and oxygen atoms in total. The summed E-state index contributed by atoms with van der Waals surface area (Å²) in [5.74, 6) is 0. The number of rotatable bonds is 18. The maximum Gasteiger partial charge on any atom is 0.138 e. The molecule has 0 aromatic carbocycles. The lowest BCUT2D eigenvalue weighted by Gasteiger charge is -2.13. The van der Waals surface area contributed by atoms with Crippen LogP contribution in [0.25, 0.3) is 0 Å². The first-order chi connectivity index (χ1) is 12.4. The zero-order valence-electron chi connectivity index (χ0n) is 17.0. The number of hydrogen-bond acceptors (Lipinski definition) is 3. The van der Waals surface area contributed by atoms with Crippen molar-refractivity contribution >= 4 is 0 Å². The van der Waals surface area contributed by atoms with Gasteiger partial charge in [-0.05, 0) is 23.3 Å². The first-order valence-corrected chi connectivity index (χ1v) is 11.1. The third-order valence-electron chi connectivity index (χ3n) is 5.35. The zero-order chi connectivity index (χ0) is 18.0. The van der Waals surface area contributed by atoms with Gasteiger partial charge in [-0.25, -0.2) is 4.68 Å². The highest BCUT2D eigenvalue weighted by atomic mass is 15.5. The van der Waals surface area contributed by atoms with E-state index in [4.69, 9.17) is 0 Å². The highest BCUT2D eigenvalue weighted by Crippen LogP contribution is 2.19. The second-order valence-corrected chi connectivity index (χ2v) is 7.59. The minimum absolute atomic E-state index is 0.483. The number of unbranched alkanes of at least 4 members (excludes halogenated alkanes) is 14. The summed E-state index contributed by atoms with van der Waals surface area (Å²) in [6.45, 7) is 4.51. The Labute approximate surface area is 156 Å². The largest absolute Gasteiger partial charge is 0.229 e. The summed E-state index contributed by atoms with van der Waals surface area (Å²) in [7, 11) is 0. The molecule has 1 rings (SSSR count). The fourth-order valence-corrected chi connectivity index (χ4v) is 3.61. The van der Waals surface area contributed by atoms with Crippen LogP contribution < -0.4 is 0 Å². The predicted octanol–water partition coefficient (Wildman–Crippen LogP) is 6.89. The highest BCUT2D eigenvalue weighted by molar-refractivity contribution is 4.64. The van der Waals surface area contributed by atoms with Gasteiger partial charge in [0, 0.05) is 0 Å². The number of hydrogen-bond donors (Lipinski definition) is 0. The quantitative estimate of drug-likeness (QED) is 0.271. The van der Waals surface area contributed by atoms with E-state index in [0.717, 1.165) is 6.42 Å². The van der Waals surface area contributed by atoms with Crippen molar-refractivity contribution in [3.8, 4) is 0 Å². The van der Waals surface area contributed by atoms with Gasteiger partial charge in [0.1, 0.15) is 6.33 Å². The highest BCUT2D eigenvalue weighted by Gasteiger charge is 2.08. The molecule has 0 fully saturated rings. The Bertz CT molecular complexity index is 364. The van der Waals surface area contributed by atoms with Gasteiger partial charge in [-0.1, -0.05) is 110 Å². The summed E-state index contributed by atoms with van der Waals surface area (Å²) in [6.07, 6.45) is 25.4. The molecule has 0 spiro atoms. The van der Waals surface area contributed by atoms with Gasteiger partial charge in [0.25, 0.3) is 0 Å². The van der Waals surface area contributed by atoms with E-state index in [2.05, 4.69) is 29.4 Å². The van der Waals surface area contributed by atoms with Crippen LogP contribution in [0.15, 0.2) is 6.33 Å². The summed E-state index contributed by atoms with van der Waals surface area (Å²) in [5, 5.41) is 11.5. The van der Waals surface area contributed by atoms with Gasteiger partial charge >= 0.3 is 0 Å². The third-order valence-corrected chi connectivity index (χ3v) is 5.35. The topological polar surface area (TPSA) is 43.6 Å². The Morgan fingerprint density at radius 1 is 0.680 bits per heavy atom. The molecule has 1 heterocycles. The summed E-state index contributed by atoms with van der Waals surface area (Å²) < 4.78 is 1.92. The van der Waals surface area contributed by atoms with Crippen LogP contribution >= 0.6 is 0 Å². The normalized spacial score (nSPS) is 12.6. The van der Waals surface area contributed by atoms with Crippen LogP contribution in [0.5, 0.6) is 0 Å². The molecule has 0 amide bonds. The standard InChI is InChI=1S/C21H42N4/c1-3-5-6-7-8-9-10-11-12-13-14-15-16-17-18-19-21(4-2)25-20-22-23-24-25/h20-21H,3-19H2,1-2H3. The maximum atomic E-state index is 4.03. The van der Waals surface area contributed by atoms with Gasteiger partial charge < -0.3 is 0 Å². The molecule has 0 saturated heterocycles. The van der Waals surface area contributed by atoms with E-state index in [1.165, 1.54) is 103 Å². The molecule has 1 aromatic heterocycles. The molecule has 1 atom stereocenters. The molecule has 4 heteroatoms. The van der Waals surface area contributed by atoms with Crippen molar-refractivity contribution in [1.82, 2.24) is 20.2 Å². The van der Waals surface area contributed by atoms with E-state index in [0.29, 0.717) is 6.04 Å². The van der Waals surface area contributed by atoms with Crippen molar-refractivity contribution in [3.05, 3.63) is 6.33 Å². The molecule has 0 N–H and O–H groups in total. The first kappa shape index (κ1) is 22.1. The maximum absolute atomic E-state index is 4.03. The van der Waals surface area contributed by atoms with Gasteiger partial charge in [0.15, 0.2) is 0 Å². The lowest BCUT2D eigenvalue weighted by molar-refractivity contribution is 0.385. The van der Waals surface area contributed by atoms with Gasteiger partial charge in [0.2, 0.25) is 0 Å². The predicted molar refractivity (Wildman–Crippen MR) is 107 cm³/mol. The molecule has 0 bridgehead atoms. The molecule has 1 aromatic rings. The van der Waals surface area contributed by atoms with Crippen molar-refractivity contribution in [2.75, 3.05) is 0 Å².